The lowest BCUT2D eigenvalue weighted by atomic mass is 9.99. The molecule has 1 heterocycles. The summed E-state index contributed by atoms with van der Waals surface area (Å²) in [4.78, 5) is 59.7. The zero-order valence-corrected chi connectivity index (χ0v) is 15.3. The number of esters is 1. The maximum Gasteiger partial charge on any atom is 0.326 e. The Hall–Kier alpha value is -3.23. The number of Topliss-reactive ketones (excluding diaryl/α,β-unsaturated/α-hetero) is 1. The number of rotatable bonds is 7. The third-order valence-corrected chi connectivity index (χ3v) is 4.28. The maximum absolute atomic E-state index is 12.2. The second-order valence-corrected chi connectivity index (χ2v) is 6.35. The summed E-state index contributed by atoms with van der Waals surface area (Å²) < 4.78 is 4.82. The lowest BCUT2D eigenvalue weighted by Gasteiger charge is -2.18. The molecule has 1 atom stereocenters. The summed E-state index contributed by atoms with van der Waals surface area (Å²) in [5, 5.41) is 5.03. The number of benzene rings is 1. The Balaban J connectivity index is 1.83. The quantitative estimate of drug-likeness (QED) is 0.418. The van der Waals surface area contributed by atoms with Crippen LogP contribution in [0.1, 0.15) is 37.6 Å². The molecule has 9 nitrogen and oxygen atoms in total. The van der Waals surface area contributed by atoms with Gasteiger partial charge in [0.15, 0.2) is 12.4 Å². The first-order valence-corrected chi connectivity index (χ1v) is 8.37. The molecule has 2 rings (SSSR count). The third kappa shape index (κ3) is 4.69. The molecule has 144 valence electrons. The molecule has 1 aliphatic heterocycles. The Morgan fingerprint density at radius 2 is 1.81 bits per heavy atom. The van der Waals surface area contributed by atoms with Crippen LogP contribution in [-0.2, 0) is 19.1 Å². The Kier molecular flexibility index (Phi) is 5.94. The van der Waals surface area contributed by atoms with Gasteiger partial charge >= 0.3 is 12.0 Å². The first kappa shape index (κ1) is 20.1. The van der Waals surface area contributed by atoms with Crippen molar-refractivity contribution in [2.45, 2.75) is 32.7 Å². The molecule has 1 saturated heterocycles. The third-order valence-electron chi connectivity index (χ3n) is 4.28. The average molecular weight is 375 g/mol. The molecule has 27 heavy (non-hydrogen) atoms. The van der Waals surface area contributed by atoms with Gasteiger partial charge in [0.05, 0.1) is 0 Å². The second-order valence-electron chi connectivity index (χ2n) is 6.35. The summed E-state index contributed by atoms with van der Waals surface area (Å²) >= 11 is 0. The first-order chi connectivity index (χ1) is 12.7. The Morgan fingerprint density at radius 1 is 1.19 bits per heavy atom. The molecule has 9 heteroatoms. The molecule has 1 aromatic carbocycles. The van der Waals surface area contributed by atoms with Gasteiger partial charge in [-0.25, -0.2) is 4.79 Å². The monoisotopic (exact) mass is 375 g/mol. The van der Waals surface area contributed by atoms with Crippen molar-refractivity contribution in [1.82, 2.24) is 10.2 Å². The summed E-state index contributed by atoms with van der Waals surface area (Å²) in [6.07, 6.45) is 0.383. The summed E-state index contributed by atoms with van der Waals surface area (Å²) in [6, 6.07) is 5.56. The molecule has 4 amide bonds. The Bertz CT molecular complexity index is 789. The van der Waals surface area contributed by atoms with Crippen molar-refractivity contribution in [2.24, 2.45) is 0 Å². The number of amides is 4. The van der Waals surface area contributed by atoms with Gasteiger partial charge in [-0.2, -0.15) is 0 Å². The fraction of sp³-hybridized carbons (Fsp3) is 0.389. The van der Waals surface area contributed by atoms with Gasteiger partial charge in [-0.15, -0.1) is 0 Å². The van der Waals surface area contributed by atoms with E-state index < -0.39 is 42.5 Å². The summed E-state index contributed by atoms with van der Waals surface area (Å²) in [5.41, 5.74) is -0.0956. The minimum Gasteiger partial charge on any atom is -0.454 e. The number of nitrogens with one attached hydrogen (secondary N) is 2. The number of ether oxygens (including phenoxy) is 1. The van der Waals surface area contributed by atoms with Gasteiger partial charge < -0.3 is 15.4 Å². The molecule has 0 saturated carbocycles. The van der Waals surface area contributed by atoms with Gasteiger partial charge in [-0.05, 0) is 44.5 Å². The highest BCUT2D eigenvalue weighted by Gasteiger charge is 2.47. The minimum atomic E-state index is -1.04. The van der Waals surface area contributed by atoms with Crippen LogP contribution in [0.2, 0.25) is 0 Å². The molecule has 1 aliphatic rings. The van der Waals surface area contributed by atoms with Crippen LogP contribution in [0.4, 0.5) is 10.5 Å². The van der Waals surface area contributed by atoms with E-state index in [1.54, 1.807) is 38.1 Å². The summed E-state index contributed by atoms with van der Waals surface area (Å²) in [6.45, 7) is 3.61. The van der Waals surface area contributed by atoms with Gasteiger partial charge in [0.2, 0.25) is 0 Å². The molecule has 1 fully saturated rings. The fourth-order valence-corrected chi connectivity index (χ4v) is 2.44. The lowest BCUT2D eigenvalue weighted by Crippen LogP contribution is -2.43. The smallest absolute Gasteiger partial charge is 0.326 e. The van der Waals surface area contributed by atoms with Crippen molar-refractivity contribution in [3.8, 4) is 0 Å². The van der Waals surface area contributed by atoms with Crippen LogP contribution in [0.25, 0.3) is 0 Å². The predicted octanol–water partition coefficient (Wildman–Crippen LogP) is 1.09. The summed E-state index contributed by atoms with van der Waals surface area (Å²) in [7, 11) is 0. The average Bonchev–Trinajstić information content (AvgIpc) is 2.84. The van der Waals surface area contributed by atoms with E-state index in [2.05, 4.69) is 10.6 Å². The Labute approximate surface area is 156 Å². The molecule has 0 radical (unpaired) electrons. The largest absolute Gasteiger partial charge is 0.454 e. The number of hydrogen-bond acceptors (Lipinski definition) is 6. The molecule has 0 aromatic heterocycles. The molecule has 0 bridgehead atoms. The van der Waals surface area contributed by atoms with Crippen LogP contribution in [0.15, 0.2) is 24.3 Å². The fourth-order valence-electron chi connectivity index (χ4n) is 2.44. The summed E-state index contributed by atoms with van der Waals surface area (Å²) in [5.74, 6) is -2.07. The Morgan fingerprint density at radius 3 is 2.33 bits per heavy atom. The number of urea groups is 1. The van der Waals surface area contributed by atoms with Crippen LogP contribution in [0, 0.1) is 0 Å². The number of nitrogens with zero attached hydrogens (tertiary/aromatic N) is 1. The van der Waals surface area contributed by atoms with Crippen LogP contribution in [0.3, 0.4) is 0 Å². The second kappa shape index (κ2) is 7.98. The number of carbonyl (C=O) groups is 5. The molecular weight excluding hydrogens is 354 g/mol. The van der Waals surface area contributed by atoms with Gasteiger partial charge in [-0.1, -0.05) is 6.92 Å². The van der Waals surface area contributed by atoms with Crippen molar-refractivity contribution >= 4 is 35.3 Å². The standard InChI is InChI=1S/C18H21N3O6/c1-4-18(3)16(25)21(17(26)20-18)9-15(24)27-10-14(23)19-13-7-5-12(6-8-13)11(2)22/h5-8H,4,9-10H2,1-3H3,(H,19,23)(H,20,26)/t18-/m0/s1. The van der Waals surface area contributed by atoms with E-state index in [1.165, 1.54) is 6.92 Å². The van der Waals surface area contributed by atoms with Crippen molar-refractivity contribution in [3.05, 3.63) is 29.8 Å². The zero-order valence-electron chi connectivity index (χ0n) is 15.3. The van der Waals surface area contributed by atoms with E-state index in [-0.39, 0.29) is 5.78 Å². The normalized spacial score (nSPS) is 18.9. The molecule has 0 spiro atoms. The van der Waals surface area contributed by atoms with E-state index >= 15 is 0 Å². The molecule has 0 unspecified atom stereocenters. The van der Waals surface area contributed by atoms with Gasteiger partial charge in [0.25, 0.3) is 11.8 Å². The number of anilines is 1. The number of ketones is 1. The maximum atomic E-state index is 12.2. The zero-order chi connectivity index (χ0) is 20.2. The highest BCUT2D eigenvalue weighted by molar-refractivity contribution is 6.08. The molecular formula is C18H21N3O6. The highest BCUT2D eigenvalue weighted by Crippen LogP contribution is 2.20. The minimum absolute atomic E-state index is 0.0959. The first-order valence-electron chi connectivity index (χ1n) is 8.37. The van der Waals surface area contributed by atoms with Crippen LogP contribution in [-0.4, -0.2) is 53.2 Å². The van der Waals surface area contributed by atoms with Crippen molar-refractivity contribution in [3.63, 3.8) is 0 Å². The molecule has 2 N–H and O–H groups in total. The van der Waals surface area contributed by atoms with Crippen LogP contribution in [0.5, 0.6) is 0 Å². The number of carbonyl (C=O) groups excluding carboxylic acids is 5. The van der Waals surface area contributed by atoms with Crippen molar-refractivity contribution in [2.75, 3.05) is 18.5 Å². The van der Waals surface area contributed by atoms with E-state index in [0.717, 1.165) is 4.90 Å². The van der Waals surface area contributed by atoms with Gasteiger partial charge in [0.1, 0.15) is 12.1 Å². The van der Waals surface area contributed by atoms with Crippen molar-refractivity contribution < 1.29 is 28.7 Å². The SMILES string of the molecule is CC[C@]1(C)NC(=O)N(CC(=O)OCC(=O)Nc2ccc(C(C)=O)cc2)C1=O. The van der Waals surface area contributed by atoms with Crippen LogP contribution < -0.4 is 10.6 Å². The van der Waals surface area contributed by atoms with Crippen LogP contribution >= 0.6 is 0 Å². The number of hydrogen-bond donors (Lipinski definition) is 2. The molecule has 0 aliphatic carbocycles. The van der Waals surface area contributed by atoms with E-state index in [4.69, 9.17) is 4.74 Å². The van der Waals surface area contributed by atoms with Gasteiger partial charge in [0, 0.05) is 11.3 Å². The number of imide groups is 1. The van der Waals surface area contributed by atoms with E-state index in [1.807, 2.05) is 0 Å². The van der Waals surface area contributed by atoms with Crippen molar-refractivity contribution in [1.29, 1.82) is 0 Å². The topological polar surface area (TPSA) is 122 Å². The van der Waals surface area contributed by atoms with E-state index in [0.29, 0.717) is 17.7 Å². The van der Waals surface area contributed by atoms with Gasteiger partial charge in [-0.3, -0.25) is 24.1 Å². The lowest BCUT2D eigenvalue weighted by molar-refractivity contribution is -0.150. The van der Waals surface area contributed by atoms with E-state index in [9.17, 15) is 24.0 Å². The highest BCUT2D eigenvalue weighted by atomic mass is 16.5. The predicted molar refractivity (Wildman–Crippen MR) is 95.0 cm³/mol. The molecule has 1 aromatic rings.